The first kappa shape index (κ1) is 16.3. The van der Waals surface area contributed by atoms with Gasteiger partial charge in [-0.15, -0.1) is 0 Å². The molecule has 1 fully saturated rings. The van der Waals surface area contributed by atoms with Crippen molar-refractivity contribution in [3.8, 4) is 0 Å². The lowest BCUT2D eigenvalue weighted by atomic mass is 9.92. The number of nitrogens with two attached hydrogens (primary N) is 1. The van der Waals surface area contributed by atoms with Gasteiger partial charge in [0.25, 0.3) is 0 Å². The summed E-state index contributed by atoms with van der Waals surface area (Å²) in [5.41, 5.74) is 7.27. The lowest BCUT2D eigenvalue weighted by molar-refractivity contribution is -0.126. The summed E-state index contributed by atoms with van der Waals surface area (Å²) in [4.78, 5) is 14.2. The fourth-order valence-electron chi connectivity index (χ4n) is 3.20. The van der Waals surface area contributed by atoms with Gasteiger partial charge in [0.1, 0.15) is 0 Å². The van der Waals surface area contributed by atoms with Crippen molar-refractivity contribution in [2.45, 2.75) is 31.8 Å². The Morgan fingerprint density at radius 2 is 2.19 bits per heavy atom. The molecule has 0 aliphatic carbocycles. The Hall–Kier alpha value is -1.10. The van der Waals surface area contributed by atoms with Gasteiger partial charge < -0.3 is 11.1 Å². The van der Waals surface area contributed by atoms with Crippen molar-refractivity contribution in [1.29, 1.82) is 0 Å². The number of piperidine rings is 1. The van der Waals surface area contributed by atoms with Crippen molar-refractivity contribution in [1.82, 2.24) is 10.2 Å². The van der Waals surface area contributed by atoms with Crippen LogP contribution < -0.4 is 11.1 Å². The van der Waals surface area contributed by atoms with Gasteiger partial charge in [-0.05, 0) is 37.9 Å². The smallest absolute Gasteiger partial charge is 0.224 e. The maximum Gasteiger partial charge on any atom is 0.224 e. The van der Waals surface area contributed by atoms with Crippen LogP contribution in [0.15, 0.2) is 24.3 Å². The number of carbonyl (C=O) groups is 1. The van der Waals surface area contributed by atoms with Crippen LogP contribution in [0.4, 0.5) is 0 Å². The van der Waals surface area contributed by atoms with Gasteiger partial charge in [0.2, 0.25) is 5.91 Å². The molecule has 1 heterocycles. The number of hydrogen-bond acceptors (Lipinski definition) is 3. The van der Waals surface area contributed by atoms with Crippen molar-refractivity contribution in [3.05, 3.63) is 34.9 Å². The van der Waals surface area contributed by atoms with Gasteiger partial charge in [-0.3, -0.25) is 9.69 Å². The second kappa shape index (κ2) is 7.25. The molecule has 1 saturated heterocycles. The third-order valence-corrected chi connectivity index (χ3v) is 4.53. The molecule has 116 valence electrons. The SMILES string of the molecule is CNC(=O)C1CCCN(C(c2ccccc2Cl)C(C)N)C1. The van der Waals surface area contributed by atoms with E-state index in [1.165, 1.54) is 0 Å². The highest BCUT2D eigenvalue weighted by molar-refractivity contribution is 6.31. The van der Waals surface area contributed by atoms with E-state index in [-0.39, 0.29) is 23.9 Å². The standard InChI is InChI=1S/C16H24ClN3O/c1-11(18)15(13-7-3-4-8-14(13)17)20-9-5-6-12(10-20)16(21)19-2/h3-4,7-8,11-12,15H,5-6,9-10,18H2,1-2H3,(H,19,21). The number of nitrogens with zero attached hydrogens (tertiary/aromatic N) is 1. The topological polar surface area (TPSA) is 58.4 Å². The van der Waals surface area contributed by atoms with E-state index < -0.39 is 0 Å². The summed E-state index contributed by atoms with van der Waals surface area (Å²) in [6, 6.07) is 7.83. The third kappa shape index (κ3) is 3.76. The maximum absolute atomic E-state index is 11.9. The van der Waals surface area contributed by atoms with E-state index in [1.54, 1.807) is 7.05 Å². The van der Waals surface area contributed by atoms with E-state index >= 15 is 0 Å². The van der Waals surface area contributed by atoms with Crippen LogP contribution in [-0.2, 0) is 4.79 Å². The molecule has 21 heavy (non-hydrogen) atoms. The molecule has 0 radical (unpaired) electrons. The monoisotopic (exact) mass is 309 g/mol. The van der Waals surface area contributed by atoms with E-state index in [0.717, 1.165) is 36.5 Å². The summed E-state index contributed by atoms with van der Waals surface area (Å²) in [5, 5.41) is 3.49. The molecule has 0 aromatic heterocycles. The van der Waals surface area contributed by atoms with Gasteiger partial charge in [-0.25, -0.2) is 0 Å². The molecule has 2 rings (SSSR count). The van der Waals surface area contributed by atoms with Crippen molar-refractivity contribution in [2.75, 3.05) is 20.1 Å². The van der Waals surface area contributed by atoms with E-state index in [4.69, 9.17) is 17.3 Å². The zero-order valence-corrected chi connectivity index (χ0v) is 13.4. The number of likely N-dealkylation sites (tertiary alicyclic amines) is 1. The molecule has 1 amide bonds. The van der Waals surface area contributed by atoms with Crippen LogP contribution in [0.5, 0.6) is 0 Å². The summed E-state index contributed by atoms with van der Waals surface area (Å²) >= 11 is 6.35. The number of benzene rings is 1. The molecule has 1 aromatic carbocycles. The minimum absolute atomic E-state index is 0.0347. The Morgan fingerprint density at radius 3 is 2.81 bits per heavy atom. The number of nitrogens with one attached hydrogen (secondary N) is 1. The quantitative estimate of drug-likeness (QED) is 0.896. The molecule has 0 spiro atoms. The first-order valence-electron chi connectivity index (χ1n) is 7.50. The number of halogens is 1. The van der Waals surface area contributed by atoms with Crippen LogP contribution >= 0.6 is 11.6 Å². The second-order valence-electron chi connectivity index (χ2n) is 5.77. The number of hydrogen-bond donors (Lipinski definition) is 2. The Balaban J connectivity index is 2.23. The first-order chi connectivity index (χ1) is 10.0. The molecule has 3 atom stereocenters. The maximum atomic E-state index is 11.9. The van der Waals surface area contributed by atoms with Gasteiger partial charge in [0.05, 0.1) is 12.0 Å². The van der Waals surface area contributed by atoms with Crippen molar-refractivity contribution in [2.24, 2.45) is 11.7 Å². The number of carbonyl (C=O) groups excluding carboxylic acids is 1. The van der Waals surface area contributed by atoms with E-state index in [9.17, 15) is 4.79 Å². The number of rotatable bonds is 4. The highest BCUT2D eigenvalue weighted by atomic mass is 35.5. The molecule has 1 aromatic rings. The van der Waals surface area contributed by atoms with Crippen LogP contribution in [0.1, 0.15) is 31.4 Å². The summed E-state index contributed by atoms with van der Waals surface area (Å²) in [5.74, 6) is 0.148. The summed E-state index contributed by atoms with van der Waals surface area (Å²) in [6.07, 6.45) is 1.94. The molecule has 1 aliphatic rings. The minimum atomic E-state index is -0.0478. The minimum Gasteiger partial charge on any atom is -0.359 e. The molecule has 4 nitrogen and oxygen atoms in total. The average molecular weight is 310 g/mol. The predicted octanol–water partition coefficient (Wildman–Crippen LogP) is 2.19. The molecule has 1 aliphatic heterocycles. The lowest BCUT2D eigenvalue weighted by Crippen LogP contribution is -2.47. The van der Waals surface area contributed by atoms with Crippen LogP contribution in [0.25, 0.3) is 0 Å². The van der Waals surface area contributed by atoms with E-state index in [0.29, 0.717) is 0 Å². The summed E-state index contributed by atoms with van der Waals surface area (Å²) < 4.78 is 0. The zero-order chi connectivity index (χ0) is 15.4. The normalized spacial score (nSPS) is 22.6. The fourth-order valence-corrected chi connectivity index (χ4v) is 3.45. The molecule has 3 N–H and O–H groups in total. The Bertz CT molecular complexity index is 492. The van der Waals surface area contributed by atoms with Gasteiger partial charge in [-0.1, -0.05) is 29.8 Å². The molecule has 3 unspecified atom stereocenters. The van der Waals surface area contributed by atoms with Crippen molar-refractivity contribution in [3.63, 3.8) is 0 Å². The van der Waals surface area contributed by atoms with E-state index in [1.807, 2.05) is 31.2 Å². The molecule has 5 heteroatoms. The van der Waals surface area contributed by atoms with Crippen LogP contribution in [-0.4, -0.2) is 37.0 Å². The van der Waals surface area contributed by atoms with Gasteiger partial charge >= 0.3 is 0 Å². The van der Waals surface area contributed by atoms with Gasteiger partial charge in [0.15, 0.2) is 0 Å². The Labute approximate surface area is 131 Å². The Morgan fingerprint density at radius 1 is 1.48 bits per heavy atom. The molecule has 0 saturated carbocycles. The Kier molecular flexibility index (Phi) is 5.62. The van der Waals surface area contributed by atoms with Crippen LogP contribution in [0, 0.1) is 5.92 Å². The van der Waals surface area contributed by atoms with Crippen LogP contribution in [0.3, 0.4) is 0 Å². The zero-order valence-electron chi connectivity index (χ0n) is 12.7. The van der Waals surface area contributed by atoms with Gasteiger partial charge in [0, 0.05) is 24.7 Å². The highest BCUT2D eigenvalue weighted by Crippen LogP contribution is 2.32. The fraction of sp³-hybridized carbons (Fsp3) is 0.562. The number of amides is 1. The highest BCUT2D eigenvalue weighted by Gasteiger charge is 2.32. The first-order valence-corrected chi connectivity index (χ1v) is 7.88. The molecule has 0 bridgehead atoms. The largest absolute Gasteiger partial charge is 0.359 e. The van der Waals surface area contributed by atoms with Crippen molar-refractivity contribution < 1.29 is 4.79 Å². The second-order valence-corrected chi connectivity index (χ2v) is 6.18. The molecular weight excluding hydrogens is 286 g/mol. The predicted molar refractivity (Wildman–Crippen MR) is 86.2 cm³/mol. The summed E-state index contributed by atoms with van der Waals surface area (Å²) in [7, 11) is 1.69. The lowest BCUT2D eigenvalue weighted by Gasteiger charge is -2.40. The van der Waals surface area contributed by atoms with Crippen LogP contribution in [0.2, 0.25) is 5.02 Å². The molecular formula is C16H24ClN3O. The van der Waals surface area contributed by atoms with Crippen molar-refractivity contribution >= 4 is 17.5 Å². The summed E-state index contributed by atoms with van der Waals surface area (Å²) in [6.45, 7) is 3.68. The van der Waals surface area contributed by atoms with Gasteiger partial charge in [-0.2, -0.15) is 0 Å². The average Bonchev–Trinajstić information content (AvgIpc) is 2.48. The third-order valence-electron chi connectivity index (χ3n) is 4.19. The van der Waals surface area contributed by atoms with E-state index in [2.05, 4.69) is 10.2 Å².